The molecule has 2 heterocycles. The highest BCUT2D eigenvalue weighted by Gasteiger charge is 2.15. The fraction of sp³-hybridized carbons (Fsp3) is 0.211. The lowest BCUT2D eigenvalue weighted by Gasteiger charge is -2.08. The second-order valence-corrected chi connectivity index (χ2v) is 6.74. The SMILES string of the molecule is COc1ccccc1CCNC(=O)c1cc(NC(=O)c2cccs2)n(C)n1. The molecule has 0 aliphatic carbocycles. The van der Waals surface area contributed by atoms with Crippen molar-refractivity contribution >= 4 is 29.0 Å². The number of benzene rings is 1. The van der Waals surface area contributed by atoms with E-state index in [1.54, 1.807) is 26.3 Å². The monoisotopic (exact) mass is 384 g/mol. The molecular weight excluding hydrogens is 364 g/mol. The minimum Gasteiger partial charge on any atom is -0.496 e. The van der Waals surface area contributed by atoms with E-state index in [2.05, 4.69) is 15.7 Å². The summed E-state index contributed by atoms with van der Waals surface area (Å²) in [5.74, 6) is 0.736. The second kappa shape index (κ2) is 8.50. The Hall–Kier alpha value is -3.13. The van der Waals surface area contributed by atoms with Crippen LogP contribution in [0.5, 0.6) is 5.75 Å². The highest BCUT2D eigenvalue weighted by Crippen LogP contribution is 2.17. The molecular formula is C19H20N4O3S. The standard InChI is InChI=1S/C19H20N4O3S/c1-23-17(21-19(25)16-8-5-11-27-16)12-14(22-23)18(24)20-10-9-13-6-3-4-7-15(13)26-2/h3-8,11-12H,9-10H2,1-2H3,(H,20,24)(H,21,25). The predicted molar refractivity (Wildman–Crippen MR) is 105 cm³/mol. The summed E-state index contributed by atoms with van der Waals surface area (Å²) in [7, 11) is 3.30. The second-order valence-electron chi connectivity index (χ2n) is 5.79. The van der Waals surface area contributed by atoms with Crippen LogP contribution in [0.3, 0.4) is 0 Å². The Morgan fingerprint density at radius 2 is 2.00 bits per heavy atom. The third-order valence-electron chi connectivity index (χ3n) is 3.97. The van der Waals surface area contributed by atoms with Gasteiger partial charge < -0.3 is 15.4 Å². The Bertz CT molecular complexity index is 934. The number of carbonyl (C=O) groups is 2. The first-order valence-corrected chi connectivity index (χ1v) is 9.25. The molecule has 27 heavy (non-hydrogen) atoms. The molecule has 0 fully saturated rings. The maximum absolute atomic E-state index is 12.3. The maximum Gasteiger partial charge on any atom is 0.271 e. The van der Waals surface area contributed by atoms with E-state index in [1.165, 1.54) is 16.0 Å². The number of thiophene rings is 1. The first-order chi connectivity index (χ1) is 13.1. The Morgan fingerprint density at radius 1 is 1.19 bits per heavy atom. The van der Waals surface area contributed by atoms with Crippen LogP contribution in [-0.2, 0) is 13.5 Å². The van der Waals surface area contributed by atoms with E-state index < -0.39 is 0 Å². The van der Waals surface area contributed by atoms with Gasteiger partial charge in [-0.25, -0.2) is 0 Å². The van der Waals surface area contributed by atoms with Gasteiger partial charge in [-0.15, -0.1) is 11.3 Å². The first-order valence-electron chi connectivity index (χ1n) is 8.37. The fourth-order valence-corrected chi connectivity index (χ4v) is 3.21. The van der Waals surface area contributed by atoms with E-state index in [0.29, 0.717) is 23.7 Å². The summed E-state index contributed by atoms with van der Waals surface area (Å²) in [5, 5.41) is 11.6. The van der Waals surface area contributed by atoms with Gasteiger partial charge in [0.2, 0.25) is 0 Å². The third-order valence-corrected chi connectivity index (χ3v) is 4.84. The molecule has 8 heteroatoms. The molecule has 2 aromatic heterocycles. The third kappa shape index (κ3) is 4.53. The van der Waals surface area contributed by atoms with E-state index in [0.717, 1.165) is 11.3 Å². The number of nitrogens with one attached hydrogen (secondary N) is 2. The van der Waals surface area contributed by atoms with E-state index in [-0.39, 0.29) is 17.5 Å². The average Bonchev–Trinajstić information content (AvgIpc) is 3.32. The van der Waals surface area contributed by atoms with Gasteiger partial charge in [-0.1, -0.05) is 24.3 Å². The maximum atomic E-state index is 12.3. The lowest BCUT2D eigenvalue weighted by atomic mass is 10.1. The van der Waals surface area contributed by atoms with Crippen LogP contribution in [-0.4, -0.2) is 35.2 Å². The summed E-state index contributed by atoms with van der Waals surface area (Å²) in [6.07, 6.45) is 0.643. The van der Waals surface area contributed by atoms with Gasteiger partial charge in [0, 0.05) is 19.7 Å². The zero-order valence-electron chi connectivity index (χ0n) is 15.1. The number of rotatable bonds is 7. The summed E-state index contributed by atoms with van der Waals surface area (Å²) in [6.45, 7) is 0.451. The molecule has 0 spiro atoms. The predicted octanol–water partition coefficient (Wildman–Crippen LogP) is 2.72. The Balaban J connectivity index is 1.58. The molecule has 0 atom stereocenters. The van der Waals surface area contributed by atoms with Crippen LogP contribution in [0.25, 0.3) is 0 Å². The lowest BCUT2D eigenvalue weighted by Crippen LogP contribution is -2.26. The minimum atomic E-state index is -0.294. The zero-order chi connectivity index (χ0) is 19.2. The quantitative estimate of drug-likeness (QED) is 0.656. The van der Waals surface area contributed by atoms with Gasteiger partial charge >= 0.3 is 0 Å². The van der Waals surface area contributed by atoms with Crippen molar-refractivity contribution in [1.82, 2.24) is 15.1 Å². The smallest absolute Gasteiger partial charge is 0.271 e. The number of carbonyl (C=O) groups excluding carboxylic acids is 2. The Kier molecular flexibility index (Phi) is 5.87. The van der Waals surface area contributed by atoms with Crippen molar-refractivity contribution in [2.45, 2.75) is 6.42 Å². The summed E-state index contributed by atoms with van der Waals surface area (Å²) in [4.78, 5) is 25.1. The van der Waals surface area contributed by atoms with Gasteiger partial charge in [-0.2, -0.15) is 5.10 Å². The minimum absolute atomic E-state index is 0.226. The number of para-hydroxylation sites is 1. The molecule has 0 aliphatic rings. The Labute approximate surface area is 161 Å². The van der Waals surface area contributed by atoms with Crippen LogP contribution >= 0.6 is 11.3 Å². The molecule has 0 saturated heterocycles. The molecule has 7 nitrogen and oxygen atoms in total. The molecule has 0 bridgehead atoms. The summed E-state index contributed by atoms with van der Waals surface area (Å²) < 4.78 is 6.78. The number of hydrogen-bond acceptors (Lipinski definition) is 5. The lowest BCUT2D eigenvalue weighted by molar-refractivity contribution is 0.0947. The number of hydrogen-bond donors (Lipinski definition) is 2. The van der Waals surface area contributed by atoms with Crippen LogP contribution in [0, 0.1) is 0 Å². The number of nitrogens with zero attached hydrogens (tertiary/aromatic N) is 2. The molecule has 140 valence electrons. The average molecular weight is 384 g/mol. The van der Waals surface area contributed by atoms with E-state index in [9.17, 15) is 9.59 Å². The largest absolute Gasteiger partial charge is 0.496 e. The van der Waals surface area contributed by atoms with Crippen molar-refractivity contribution in [3.05, 3.63) is 64.0 Å². The molecule has 3 rings (SSSR count). The molecule has 1 aromatic carbocycles. The fourth-order valence-electron chi connectivity index (χ4n) is 2.59. The number of aryl methyl sites for hydroxylation is 1. The highest BCUT2D eigenvalue weighted by atomic mass is 32.1. The Morgan fingerprint density at radius 3 is 2.74 bits per heavy atom. The van der Waals surface area contributed by atoms with Crippen LogP contribution in [0.1, 0.15) is 25.7 Å². The summed E-state index contributed by atoms with van der Waals surface area (Å²) >= 11 is 1.35. The van der Waals surface area contributed by atoms with Gasteiger partial charge in [0.1, 0.15) is 11.6 Å². The number of ether oxygens (including phenoxy) is 1. The topological polar surface area (TPSA) is 85.3 Å². The number of anilines is 1. The van der Waals surface area contributed by atoms with Crippen molar-refractivity contribution in [1.29, 1.82) is 0 Å². The van der Waals surface area contributed by atoms with Crippen molar-refractivity contribution in [3.63, 3.8) is 0 Å². The summed E-state index contributed by atoms with van der Waals surface area (Å²) in [5.41, 5.74) is 1.27. The highest BCUT2D eigenvalue weighted by molar-refractivity contribution is 7.12. The van der Waals surface area contributed by atoms with Crippen LogP contribution in [0.2, 0.25) is 0 Å². The van der Waals surface area contributed by atoms with Gasteiger partial charge in [-0.05, 0) is 29.5 Å². The van der Waals surface area contributed by atoms with Crippen LogP contribution < -0.4 is 15.4 Å². The summed E-state index contributed by atoms with van der Waals surface area (Å²) in [6, 6.07) is 12.8. The van der Waals surface area contributed by atoms with Gasteiger partial charge in [0.05, 0.1) is 12.0 Å². The van der Waals surface area contributed by atoms with E-state index >= 15 is 0 Å². The van der Waals surface area contributed by atoms with Crippen LogP contribution in [0.4, 0.5) is 5.82 Å². The van der Waals surface area contributed by atoms with Crippen LogP contribution in [0.15, 0.2) is 47.8 Å². The zero-order valence-corrected chi connectivity index (χ0v) is 15.9. The van der Waals surface area contributed by atoms with Crippen molar-refractivity contribution in [2.75, 3.05) is 19.0 Å². The molecule has 0 aliphatic heterocycles. The molecule has 2 N–H and O–H groups in total. The number of methoxy groups -OCH3 is 1. The number of aromatic nitrogens is 2. The number of amides is 2. The van der Waals surface area contributed by atoms with Gasteiger partial charge in [0.25, 0.3) is 11.8 Å². The van der Waals surface area contributed by atoms with Crippen molar-refractivity contribution < 1.29 is 14.3 Å². The molecule has 0 radical (unpaired) electrons. The molecule has 0 unspecified atom stereocenters. The molecule has 0 saturated carbocycles. The van der Waals surface area contributed by atoms with E-state index in [4.69, 9.17) is 4.74 Å². The van der Waals surface area contributed by atoms with Gasteiger partial charge in [0.15, 0.2) is 5.69 Å². The first kappa shape index (κ1) is 18.7. The van der Waals surface area contributed by atoms with Crippen molar-refractivity contribution in [3.8, 4) is 5.75 Å². The van der Waals surface area contributed by atoms with E-state index in [1.807, 2.05) is 35.7 Å². The molecule has 2 amide bonds. The normalized spacial score (nSPS) is 10.4. The van der Waals surface area contributed by atoms with Gasteiger partial charge in [-0.3, -0.25) is 14.3 Å². The van der Waals surface area contributed by atoms with Crippen molar-refractivity contribution in [2.24, 2.45) is 7.05 Å². The molecule has 3 aromatic rings.